The second-order valence-electron chi connectivity index (χ2n) is 15.8. The molecule has 2 saturated heterocycles. The van der Waals surface area contributed by atoms with E-state index >= 15 is 0 Å². The summed E-state index contributed by atoms with van der Waals surface area (Å²) in [5.74, 6) is -3.85. The molecule has 0 N–H and O–H groups in total. The number of piperidine rings is 1. The van der Waals surface area contributed by atoms with Gasteiger partial charge in [-0.05, 0) is 30.0 Å². The van der Waals surface area contributed by atoms with E-state index in [0.29, 0.717) is 29.9 Å². The van der Waals surface area contributed by atoms with E-state index in [1.165, 1.54) is 40.9 Å². The van der Waals surface area contributed by atoms with Gasteiger partial charge in [0, 0.05) is 80.4 Å². The van der Waals surface area contributed by atoms with Gasteiger partial charge in [0.25, 0.3) is 0 Å². The SMILES string of the molecule is COC(=O)[C@H]1O[C@@H](Oc2ccc(COC(=O)N(C)CCN(C)C(=O)n3ccc4c(N(C)[C@H]5CN(C(=O)CC#N)CC[C@H]5C)ncnc43)cc2[N+](=O)[O-])[C@H](OC(C)=O)[C@@H](OC(C)=O)[C@@H]1OC(C)=O. The van der Waals surface area contributed by atoms with E-state index in [9.17, 15) is 43.7 Å². The predicted molar refractivity (Wildman–Crippen MR) is 228 cm³/mol. The second kappa shape index (κ2) is 22.0. The number of rotatable bonds is 15. The van der Waals surface area contributed by atoms with Gasteiger partial charge in [-0.2, -0.15) is 5.26 Å². The summed E-state index contributed by atoms with van der Waals surface area (Å²) in [6.07, 6.45) is -6.18. The van der Waals surface area contributed by atoms with Gasteiger partial charge in [0.15, 0.2) is 29.7 Å². The van der Waals surface area contributed by atoms with Gasteiger partial charge < -0.3 is 52.8 Å². The van der Waals surface area contributed by atoms with E-state index < -0.39 is 89.7 Å². The lowest BCUT2D eigenvalue weighted by atomic mass is 9.92. The lowest BCUT2D eigenvalue weighted by Crippen LogP contribution is -2.64. The number of carbonyl (C=O) groups excluding carboxylic acids is 7. The molecule has 2 aliphatic heterocycles. The lowest BCUT2D eigenvalue weighted by Gasteiger charge is -2.42. The molecular weight excluding hydrogens is 887 g/mol. The molecule has 3 aromatic rings. The molecule has 2 aliphatic rings. The quantitative estimate of drug-likeness (QED) is 0.0912. The number of ether oxygens (including phenoxy) is 7. The molecule has 25 nitrogen and oxygen atoms in total. The number of likely N-dealkylation sites (N-methyl/N-ethyl adjacent to an activating group) is 3. The van der Waals surface area contributed by atoms with E-state index in [4.69, 9.17) is 38.4 Å². The van der Waals surface area contributed by atoms with Crippen LogP contribution in [-0.4, -0.2) is 167 Å². The van der Waals surface area contributed by atoms with E-state index in [0.717, 1.165) is 46.4 Å². The Morgan fingerprint density at radius 3 is 2.24 bits per heavy atom. The Labute approximate surface area is 383 Å². The largest absolute Gasteiger partial charge is 0.467 e. The van der Waals surface area contributed by atoms with Crippen LogP contribution in [0.1, 0.15) is 46.1 Å². The van der Waals surface area contributed by atoms with Crippen LogP contribution in [-0.2, 0) is 59.0 Å². The number of benzene rings is 1. The molecule has 0 unspecified atom stereocenters. The molecule has 1 aromatic carbocycles. The Kier molecular flexibility index (Phi) is 16.6. The first-order valence-electron chi connectivity index (χ1n) is 20.8. The molecule has 360 valence electrons. The van der Waals surface area contributed by atoms with Crippen molar-refractivity contribution in [2.45, 2.75) is 83.9 Å². The zero-order chi connectivity index (χ0) is 49.3. The number of carbonyl (C=O) groups is 7. The molecule has 0 aliphatic carbocycles. The number of aromatic nitrogens is 3. The third kappa shape index (κ3) is 12.0. The smallest absolute Gasteiger partial charge is 0.409 e. The number of fused-ring (bicyclic) bond motifs is 1. The van der Waals surface area contributed by atoms with Crippen LogP contribution in [0.25, 0.3) is 11.0 Å². The number of nitriles is 1. The van der Waals surface area contributed by atoms with Gasteiger partial charge >= 0.3 is 41.7 Å². The standard InChI is InChI=1S/C42H51N9O16/c1-23-12-15-49(32(55)11-14-43)20-30(23)48(7)37-28-13-16-50(38(28)45-22-44-37)41(57)46(5)17-18-47(6)42(58)62-21-27-9-10-31(29(19-27)51(59)60)66-40-36(65-26(4)54)34(64-25(3)53)33(63-24(2)52)35(67-40)39(56)61-8/h9-10,13,16,19,22-23,30,33-36,40H,11-12,15,17-18,20-21H2,1-8H3/t23-,30+,33+,34+,35+,36-,40-/m1/s1. The molecule has 25 heteroatoms. The summed E-state index contributed by atoms with van der Waals surface area (Å²) in [5.41, 5.74) is -0.190. The van der Waals surface area contributed by atoms with Crippen LogP contribution < -0.4 is 9.64 Å². The molecule has 2 aromatic heterocycles. The van der Waals surface area contributed by atoms with Crippen LogP contribution in [0.5, 0.6) is 5.75 Å². The third-order valence-electron chi connectivity index (χ3n) is 11.1. The Bertz CT molecular complexity index is 2420. The van der Waals surface area contributed by atoms with E-state index in [1.54, 1.807) is 17.2 Å². The van der Waals surface area contributed by atoms with Gasteiger partial charge in [-0.15, -0.1) is 0 Å². The minimum atomic E-state index is -1.87. The van der Waals surface area contributed by atoms with Crippen molar-refractivity contribution in [2.75, 3.05) is 59.3 Å². The summed E-state index contributed by atoms with van der Waals surface area (Å²) in [7, 11) is 5.83. The number of amides is 3. The third-order valence-corrected chi connectivity index (χ3v) is 11.1. The van der Waals surface area contributed by atoms with E-state index in [2.05, 4.69) is 16.9 Å². The molecule has 0 spiro atoms. The van der Waals surface area contributed by atoms with Crippen LogP contribution in [0.4, 0.5) is 21.1 Å². The molecular formula is C42H51N9O16. The van der Waals surface area contributed by atoms with Gasteiger partial charge in [-0.3, -0.25) is 33.9 Å². The van der Waals surface area contributed by atoms with Crippen LogP contribution in [0, 0.1) is 27.4 Å². The molecule has 5 rings (SSSR count). The highest BCUT2D eigenvalue weighted by atomic mass is 16.7. The number of esters is 4. The average molecular weight is 938 g/mol. The molecule has 67 heavy (non-hydrogen) atoms. The Balaban J connectivity index is 1.23. The van der Waals surface area contributed by atoms with Crippen molar-refractivity contribution in [1.29, 1.82) is 5.26 Å². The molecule has 0 radical (unpaired) electrons. The van der Waals surface area contributed by atoms with Crippen molar-refractivity contribution in [3.05, 3.63) is 52.5 Å². The average Bonchev–Trinajstić information content (AvgIpc) is 3.72. The van der Waals surface area contributed by atoms with Gasteiger partial charge in [0.1, 0.15) is 25.2 Å². The maximum atomic E-state index is 13.7. The van der Waals surface area contributed by atoms with E-state index in [1.807, 2.05) is 18.0 Å². The lowest BCUT2D eigenvalue weighted by molar-refractivity contribution is -0.387. The van der Waals surface area contributed by atoms with Crippen LogP contribution >= 0.6 is 0 Å². The van der Waals surface area contributed by atoms with Crippen LogP contribution in [0.3, 0.4) is 0 Å². The molecule has 0 saturated carbocycles. The maximum absolute atomic E-state index is 13.7. The number of anilines is 1. The van der Waals surface area contributed by atoms with E-state index in [-0.39, 0.29) is 42.9 Å². The minimum absolute atomic E-state index is 0.0148. The molecule has 7 atom stereocenters. The number of methoxy groups -OCH3 is 1. The zero-order valence-electron chi connectivity index (χ0n) is 38.0. The summed E-state index contributed by atoms with van der Waals surface area (Å²) < 4.78 is 38.9. The van der Waals surface area contributed by atoms with Crippen LogP contribution in [0.2, 0.25) is 0 Å². The fourth-order valence-corrected chi connectivity index (χ4v) is 7.61. The topological polar surface area (TPSA) is 295 Å². The van der Waals surface area contributed by atoms with Crippen LogP contribution in [0.15, 0.2) is 36.8 Å². The zero-order valence-corrected chi connectivity index (χ0v) is 38.0. The van der Waals surface area contributed by atoms with Gasteiger partial charge in [0.2, 0.25) is 18.3 Å². The number of nitro groups is 1. The highest BCUT2D eigenvalue weighted by Gasteiger charge is 2.56. The summed E-state index contributed by atoms with van der Waals surface area (Å²) >= 11 is 0. The van der Waals surface area contributed by atoms with Crippen molar-refractivity contribution in [3.63, 3.8) is 0 Å². The summed E-state index contributed by atoms with van der Waals surface area (Å²) in [6, 6.07) is 6.56. The van der Waals surface area contributed by atoms with Gasteiger partial charge in [0.05, 0.1) is 29.5 Å². The predicted octanol–water partition coefficient (Wildman–Crippen LogP) is 2.17. The highest BCUT2D eigenvalue weighted by molar-refractivity contribution is 5.95. The fourth-order valence-electron chi connectivity index (χ4n) is 7.61. The second-order valence-corrected chi connectivity index (χ2v) is 15.8. The summed E-state index contributed by atoms with van der Waals surface area (Å²) in [4.78, 5) is 115. The highest BCUT2D eigenvalue weighted by Crippen LogP contribution is 2.36. The Morgan fingerprint density at radius 1 is 0.940 bits per heavy atom. The van der Waals surface area contributed by atoms with Crippen molar-refractivity contribution in [2.24, 2.45) is 5.92 Å². The first-order valence-corrected chi connectivity index (χ1v) is 20.8. The number of hydrogen-bond donors (Lipinski definition) is 0. The number of nitro benzene ring substituents is 1. The van der Waals surface area contributed by atoms with Crippen molar-refractivity contribution >= 4 is 64.4 Å². The fraction of sp³-hybridized carbons (Fsp3) is 0.524. The molecule has 3 amide bonds. The number of hydrogen-bond acceptors (Lipinski definition) is 20. The summed E-state index contributed by atoms with van der Waals surface area (Å²) in [5, 5.41) is 21.9. The van der Waals surface area contributed by atoms with Gasteiger partial charge in [-0.1, -0.05) is 13.0 Å². The van der Waals surface area contributed by atoms with Crippen molar-refractivity contribution in [1.82, 2.24) is 29.2 Å². The van der Waals surface area contributed by atoms with Crippen molar-refractivity contribution in [3.8, 4) is 11.8 Å². The number of nitrogens with zero attached hydrogens (tertiary/aromatic N) is 9. The molecule has 2 fully saturated rings. The summed E-state index contributed by atoms with van der Waals surface area (Å²) in [6.45, 7) is 5.67. The van der Waals surface area contributed by atoms with Gasteiger partial charge in [-0.25, -0.2) is 24.4 Å². The maximum Gasteiger partial charge on any atom is 0.409 e. The molecule has 4 heterocycles. The minimum Gasteiger partial charge on any atom is -0.467 e. The normalized spacial score (nSPS) is 21.2. The first-order chi connectivity index (χ1) is 31.7. The first kappa shape index (κ1) is 50.4. The van der Waals surface area contributed by atoms with Crippen molar-refractivity contribution < 1.29 is 71.6 Å². The Hall–Kier alpha value is -7.62. The molecule has 0 bridgehead atoms. The monoisotopic (exact) mass is 937 g/mol. The number of likely N-dealkylation sites (tertiary alicyclic amines) is 1. The Morgan fingerprint density at radius 2 is 1.60 bits per heavy atom.